The Morgan fingerprint density at radius 2 is 2.14 bits per heavy atom. The number of alkyl halides is 3. The van der Waals surface area contributed by atoms with Crippen LogP contribution in [0.5, 0.6) is 0 Å². The van der Waals surface area contributed by atoms with Gasteiger partial charge in [-0.15, -0.1) is 11.3 Å². The second-order valence-corrected chi connectivity index (χ2v) is 8.07. The molecule has 4 rings (SSSR count). The van der Waals surface area contributed by atoms with Crippen LogP contribution in [0.2, 0.25) is 0 Å². The SMILES string of the molecule is CCC(C(=O)Nc1cccc(C(F)(F)F)c1)n1cnc2sc3c(c2c1=O)CCC3. The number of anilines is 1. The number of rotatable bonds is 4. The molecule has 9 heteroatoms. The third-order valence-corrected chi connectivity index (χ3v) is 6.33. The summed E-state index contributed by atoms with van der Waals surface area (Å²) in [6, 6.07) is 3.56. The van der Waals surface area contributed by atoms with Crippen LogP contribution in [0.3, 0.4) is 0 Å². The van der Waals surface area contributed by atoms with Crippen LogP contribution in [0.4, 0.5) is 18.9 Å². The molecule has 0 bridgehead atoms. The second kappa shape index (κ2) is 7.29. The van der Waals surface area contributed by atoms with Crippen molar-refractivity contribution in [2.45, 2.75) is 44.8 Å². The first-order valence-electron chi connectivity index (χ1n) is 9.29. The number of benzene rings is 1. The number of halogens is 3. The van der Waals surface area contributed by atoms with Gasteiger partial charge in [-0.1, -0.05) is 13.0 Å². The number of aromatic nitrogens is 2. The van der Waals surface area contributed by atoms with Crippen LogP contribution in [-0.4, -0.2) is 15.5 Å². The van der Waals surface area contributed by atoms with E-state index in [2.05, 4.69) is 10.3 Å². The van der Waals surface area contributed by atoms with E-state index >= 15 is 0 Å². The summed E-state index contributed by atoms with van der Waals surface area (Å²) in [5, 5.41) is 3.07. The molecule has 1 aliphatic rings. The number of amides is 1. The Labute approximate surface area is 168 Å². The van der Waals surface area contributed by atoms with Crippen LogP contribution in [0.15, 0.2) is 35.4 Å². The van der Waals surface area contributed by atoms with Crippen molar-refractivity contribution >= 4 is 33.1 Å². The van der Waals surface area contributed by atoms with Gasteiger partial charge in [0.2, 0.25) is 5.91 Å². The normalized spacial score (nSPS) is 14.8. The summed E-state index contributed by atoms with van der Waals surface area (Å²) in [4.78, 5) is 32.1. The first-order valence-corrected chi connectivity index (χ1v) is 10.1. The van der Waals surface area contributed by atoms with Crippen molar-refractivity contribution < 1.29 is 18.0 Å². The van der Waals surface area contributed by atoms with Gasteiger partial charge >= 0.3 is 6.18 Å². The summed E-state index contributed by atoms with van der Waals surface area (Å²) in [7, 11) is 0. The highest BCUT2D eigenvalue weighted by atomic mass is 32.1. The van der Waals surface area contributed by atoms with Crippen LogP contribution >= 0.6 is 11.3 Å². The van der Waals surface area contributed by atoms with Gasteiger partial charge in [0.1, 0.15) is 10.9 Å². The molecule has 1 unspecified atom stereocenters. The Kier molecular flexibility index (Phi) is 4.94. The van der Waals surface area contributed by atoms with Crippen LogP contribution in [0, 0.1) is 0 Å². The highest BCUT2D eigenvalue weighted by Gasteiger charge is 2.31. The van der Waals surface area contributed by atoms with E-state index in [1.165, 1.54) is 39.2 Å². The minimum atomic E-state index is -4.50. The molecular weight excluding hydrogens is 403 g/mol. The van der Waals surface area contributed by atoms with Gasteiger partial charge in [0.25, 0.3) is 5.56 Å². The molecule has 29 heavy (non-hydrogen) atoms. The number of carbonyl (C=O) groups excluding carboxylic acids is 1. The fourth-order valence-electron chi connectivity index (χ4n) is 3.73. The topological polar surface area (TPSA) is 64.0 Å². The maximum Gasteiger partial charge on any atom is 0.416 e. The summed E-state index contributed by atoms with van der Waals surface area (Å²) in [6.07, 6.45) is -0.0955. The summed E-state index contributed by atoms with van der Waals surface area (Å²) in [5.74, 6) is -0.554. The van der Waals surface area contributed by atoms with E-state index in [4.69, 9.17) is 0 Å². The Morgan fingerprint density at radius 3 is 2.86 bits per heavy atom. The Bertz CT molecular complexity index is 1150. The molecule has 1 aliphatic carbocycles. The van der Waals surface area contributed by atoms with Crippen LogP contribution in [-0.2, 0) is 23.8 Å². The molecular formula is C20H18F3N3O2S. The molecule has 152 valence electrons. The smallest absolute Gasteiger partial charge is 0.324 e. The first kappa shape index (κ1) is 19.6. The van der Waals surface area contributed by atoms with Crippen molar-refractivity contribution in [2.24, 2.45) is 0 Å². The number of nitrogens with one attached hydrogen (secondary N) is 1. The Balaban J connectivity index is 1.66. The average molecular weight is 421 g/mol. The lowest BCUT2D eigenvalue weighted by Crippen LogP contribution is -2.33. The van der Waals surface area contributed by atoms with Gasteiger partial charge < -0.3 is 5.32 Å². The average Bonchev–Trinajstić information content (AvgIpc) is 3.24. The van der Waals surface area contributed by atoms with Gasteiger partial charge in [-0.3, -0.25) is 14.2 Å². The van der Waals surface area contributed by atoms with Gasteiger partial charge in [-0.2, -0.15) is 13.2 Å². The standard InChI is InChI=1S/C20H18F3N3O2S/c1-2-14(17(27)25-12-6-3-5-11(9-12)20(21,22)23)26-10-24-18-16(19(26)28)13-7-4-8-15(13)29-18/h3,5-6,9-10,14H,2,4,7-8H2,1H3,(H,25,27). The predicted octanol–water partition coefficient (Wildman–Crippen LogP) is 4.56. The van der Waals surface area contributed by atoms with E-state index in [1.807, 2.05) is 0 Å². The van der Waals surface area contributed by atoms with Crippen molar-refractivity contribution in [1.82, 2.24) is 9.55 Å². The zero-order valence-corrected chi connectivity index (χ0v) is 16.4. The molecule has 5 nitrogen and oxygen atoms in total. The molecule has 1 aromatic carbocycles. The summed E-state index contributed by atoms with van der Waals surface area (Å²) >= 11 is 1.51. The zero-order valence-electron chi connectivity index (χ0n) is 15.5. The maximum atomic E-state index is 13.1. The molecule has 1 N–H and O–H groups in total. The maximum absolute atomic E-state index is 13.1. The lowest BCUT2D eigenvalue weighted by molar-refractivity contribution is -0.137. The molecule has 0 fully saturated rings. The monoisotopic (exact) mass is 421 g/mol. The number of fused-ring (bicyclic) bond motifs is 3. The number of thiophene rings is 1. The fourth-order valence-corrected chi connectivity index (χ4v) is 4.95. The highest BCUT2D eigenvalue weighted by molar-refractivity contribution is 7.18. The molecule has 1 atom stereocenters. The second-order valence-electron chi connectivity index (χ2n) is 6.99. The first-order chi connectivity index (χ1) is 13.8. The van der Waals surface area contributed by atoms with Crippen molar-refractivity contribution in [3.8, 4) is 0 Å². The van der Waals surface area contributed by atoms with Crippen molar-refractivity contribution in [3.05, 3.63) is 57.0 Å². The third kappa shape index (κ3) is 3.55. The molecule has 2 aromatic heterocycles. The molecule has 0 saturated carbocycles. The fraction of sp³-hybridized carbons (Fsp3) is 0.350. The quantitative estimate of drug-likeness (QED) is 0.672. The number of hydrogen-bond acceptors (Lipinski definition) is 4. The Hall–Kier alpha value is -2.68. The van der Waals surface area contributed by atoms with Gasteiger partial charge in [0.15, 0.2) is 0 Å². The van der Waals surface area contributed by atoms with E-state index in [0.29, 0.717) is 16.6 Å². The van der Waals surface area contributed by atoms with Gasteiger partial charge in [0, 0.05) is 10.6 Å². The number of carbonyl (C=O) groups is 1. The number of hydrogen-bond donors (Lipinski definition) is 1. The lowest BCUT2D eigenvalue weighted by Gasteiger charge is -2.18. The van der Waals surface area contributed by atoms with Crippen molar-refractivity contribution in [3.63, 3.8) is 0 Å². The third-order valence-electron chi connectivity index (χ3n) is 5.13. The highest BCUT2D eigenvalue weighted by Crippen LogP contribution is 2.35. The molecule has 1 amide bonds. The molecule has 0 spiro atoms. The van der Waals surface area contributed by atoms with Crippen molar-refractivity contribution in [2.75, 3.05) is 5.32 Å². The van der Waals surface area contributed by atoms with E-state index in [1.54, 1.807) is 6.92 Å². The summed E-state index contributed by atoms with van der Waals surface area (Å²) in [6.45, 7) is 1.74. The molecule has 0 radical (unpaired) electrons. The van der Waals surface area contributed by atoms with E-state index < -0.39 is 23.7 Å². The van der Waals surface area contributed by atoms with E-state index in [9.17, 15) is 22.8 Å². The summed E-state index contributed by atoms with van der Waals surface area (Å²) < 4.78 is 40.0. The van der Waals surface area contributed by atoms with Gasteiger partial charge in [-0.05, 0) is 49.4 Å². The van der Waals surface area contributed by atoms with Gasteiger partial charge in [0.05, 0.1) is 17.3 Å². The number of nitrogens with zero attached hydrogens (tertiary/aromatic N) is 2. The number of aryl methyl sites for hydroxylation is 2. The zero-order chi connectivity index (χ0) is 20.8. The molecule has 3 aromatic rings. The minimum Gasteiger partial charge on any atom is -0.324 e. The van der Waals surface area contributed by atoms with E-state index in [-0.39, 0.29) is 11.2 Å². The van der Waals surface area contributed by atoms with Gasteiger partial charge in [-0.25, -0.2) is 4.98 Å². The predicted molar refractivity (Wildman–Crippen MR) is 105 cm³/mol. The van der Waals surface area contributed by atoms with Crippen molar-refractivity contribution in [1.29, 1.82) is 0 Å². The van der Waals surface area contributed by atoms with Crippen LogP contribution < -0.4 is 10.9 Å². The molecule has 0 saturated heterocycles. The van der Waals surface area contributed by atoms with E-state index in [0.717, 1.165) is 37.0 Å². The minimum absolute atomic E-state index is 0.0294. The molecule has 0 aliphatic heterocycles. The largest absolute Gasteiger partial charge is 0.416 e. The summed E-state index contributed by atoms with van der Waals surface area (Å²) in [5.41, 5.74) is -0.0790. The lowest BCUT2D eigenvalue weighted by atomic mass is 10.1. The van der Waals surface area contributed by atoms with Crippen LogP contribution in [0.1, 0.15) is 41.8 Å². The van der Waals surface area contributed by atoms with Crippen LogP contribution in [0.25, 0.3) is 10.2 Å². The Morgan fingerprint density at radius 1 is 1.34 bits per heavy atom. The molecule has 2 heterocycles.